The standard InChI is InChI=1S/C13H9N5O/c19-8-11-2-1-3-13(17-11)10-4-16-18(7-10)12-5-14-9-15-6-12/h1-9H. The maximum Gasteiger partial charge on any atom is 0.168 e. The van der Waals surface area contributed by atoms with Crippen LogP contribution >= 0.6 is 0 Å². The zero-order valence-corrected chi connectivity index (χ0v) is 9.84. The van der Waals surface area contributed by atoms with E-state index in [4.69, 9.17) is 0 Å². The summed E-state index contributed by atoms with van der Waals surface area (Å²) in [5.41, 5.74) is 2.69. The molecular formula is C13H9N5O. The van der Waals surface area contributed by atoms with Gasteiger partial charge in [-0.05, 0) is 12.1 Å². The number of aldehydes is 1. The smallest absolute Gasteiger partial charge is 0.168 e. The van der Waals surface area contributed by atoms with Crippen LogP contribution in [0.4, 0.5) is 0 Å². The maximum atomic E-state index is 10.7. The van der Waals surface area contributed by atoms with Gasteiger partial charge in [0, 0.05) is 11.8 Å². The SMILES string of the molecule is O=Cc1cccc(-c2cnn(-c3cncnc3)c2)n1. The van der Waals surface area contributed by atoms with Gasteiger partial charge in [-0.1, -0.05) is 6.07 Å². The Kier molecular flexibility index (Phi) is 2.82. The molecule has 6 heteroatoms. The lowest BCUT2D eigenvalue weighted by Gasteiger charge is -1.98. The van der Waals surface area contributed by atoms with E-state index in [1.807, 2.05) is 12.3 Å². The van der Waals surface area contributed by atoms with E-state index in [9.17, 15) is 4.79 Å². The second kappa shape index (κ2) is 4.77. The van der Waals surface area contributed by atoms with Gasteiger partial charge in [0.25, 0.3) is 0 Å². The average molecular weight is 251 g/mol. The topological polar surface area (TPSA) is 73.6 Å². The summed E-state index contributed by atoms with van der Waals surface area (Å²) in [6.45, 7) is 0. The Hall–Kier alpha value is -2.89. The van der Waals surface area contributed by atoms with E-state index in [0.29, 0.717) is 11.4 Å². The van der Waals surface area contributed by atoms with Crippen LogP contribution < -0.4 is 0 Å². The van der Waals surface area contributed by atoms with Gasteiger partial charge in [-0.2, -0.15) is 5.10 Å². The number of carbonyl (C=O) groups excluding carboxylic acids is 1. The second-order valence-electron chi connectivity index (χ2n) is 3.84. The molecule has 0 saturated heterocycles. The van der Waals surface area contributed by atoms with Gasteiger partial charge in [0.1, 0.15) is 17.7 Å². The highest BCUT2D eigenvalue weighted by Gasteiger charge is 2.05. The van der Waals surface area contributed by atoms with Crippen LogP contribution in [0, 0.1) is 0 Å². The summed E-state index contributed by atoms with van der Waals surface area (Å²) in [6.07, 6.45) is 9.01. The molecule has 3 aromatic heterocycles. The highest BCUT2D eigenvalue weighted by Crippen LogP contribution is 2.17. The summed E-state index contributed by atoms with van der Waals surface area (Å²) < 4.78 is 1.66. The number of rotatable bonds is 3. The maximum absolute atomic E-state index is 10.7. The van der Waals surface area contributed by atoms with Gasteiger partial charge in [0.05, 0.1) is 24.3 Å². The molecule has 0 amide bonds. The first-order chi connectivity index (χ1) is 9.36. The third-order valence-corrected chi connectivity index (χ3v) is 2.58. The highest BCUT2D eigenvalue weighted by atomic mass is 16.1. The number of hydrogen-bond acceptors (Lipinski definition) is 5. The van der Waals surface area contributed by atoms with Gasteiger partial charge in [-0.15, -0.1) is 0 Å². The molecule has 3 aromatic rings. The lowest BCUT2D eigenvalue weighted by atomic mass is 10.2. The van der Waals surface area contributed by atoms with Gasteiger partial charge < -0.3 is 0 Å². The van der Waals surface area contributed by atoms with Crippen LogP contribution in [0.5, 0.6) is 0 Å². The van der Waals surface area contributed by atoms with Crippen LogP contribution in [0.3, 0.4) is 0 Å². The molecule has 6 nitrogen and oxygen atoms in total. The van der Waals surface area contributed by atoms with Gasteiger partial charge in [0.2, 0.25) is 0 Å². The Morgan fingerprint density at radius 2 is 1.95 bits per heavy atom. The molecule has 0 unspecified atom stereocenters. The van der Waals surface area contributed by atoms with Crippen molar-refractivity contribution in [3.05, 3.63) is 55.0 Å². The number of hydrogen-bond donors (Lipinski definition) is 0. The molecule has 19 heavy (non-hydrogen) atoms. The van der Waals surface area contributed by atoms with Crippen LogP contribution in [-0.2, 0) is 0 Å². The van der Waals surface area contributed by atoms with Crippen LogP contribution in [0.15, 0.2) is 49.3 Å². The molecule has 0 fully saturated rings. The molecular weight excluding hydrogens is 242 g/mol. The minimum Gasteiger partial charge on any atom is -0.296 e. The molecule has 0 aromatic carbocycles. The quantitative estimate of drug-likeness (QED) is 0.660. The lowest BCUT2D eigenvalue weighted by molar-refractivity contribution is 0.111. The third kappa shape index (κ3) is 2.23. The highest BCUT2D eigenvalue weighted by molar-refractivity contribution is 5.73. The molecule has 0 saturated carbocycles. The summed E-state index contributed by atoms with van der Waals surface area (Å²) >= 11 is 0. The van der Waals surface area contributed by atoms with E-state index >= 15 is 0 Å². The van der Waals surface area contributed by atoms with Gasteiger partial charge in [-0.25, -0.2) is 19.6 Å². The van der Waals surface area contributed by atoms with Gasteiger partial charge in [0.15, 0.2) is 6.29 Å². The van der Waals surface area contributed by atoms with Crippen molar-refractivity contribution in [3.8, 4) is 16.9 Å². The molecule has 0 spiro atoms. The zero-order chi connectivity index (χ0) is 13.1. The number of carbonyl (C=O) groups is 1. The van der Waals surface area contributed by atoms with E-state index < -0.39 is 0 Å². The second-order valence-corrected chi connectivity index (χ2v) is 3.84. The number of pyridine rings is 1. The van der Waals surface area contributed by atoms with Crippen LogP contribution in [-0.4, -0.2) is 31.0 Å². The Labute approximate surface area is 108 Å². The molecule has 0 aliphatic rings. The predicted molar refractivity (Wildman–Crippen MR) is 67.8 cm³/mol. The molecule has 3 rings (SSSR count). The molecule has 0 bridgehead atoms. The Bertz CT molecular complexity index is 708. The van der Waals surface area contributed by atoms with Crippen molar-refractivity contribution in [1.29, 1.82) is 0 Å². The molecule has 0 atom stereocenters. The molecule has 3 heterocycles. The van der Waals surface area contributed by atoms with Gasteiger partial charge in [-0.3, -0.25) is 4.79 Å². The molecule has 92 valence electrons. The minimum absolute atomic E-state index is 0.397. The van der Waals surface area contributed by atoms with Crippen LogP contribution in [0.2, 0.25) is 0 Å². The summed E-state index contributed by atoms with van der Waals surface area (Å²) in [7, 11) is 0. The first-order valence-corrected chi connectivity index (χ1v) is 5.59. The van der Waals surface area contributed by atoms with E-state index in [1.165, 1.54) is 6.33 Å². The minimum atomic E-state index is 0.397. The molecule has 0 N–H and O–H groups in total. The molecule has 0 aliphatic carbocycles. The Morgan fingerprint density at radius 3 is 2.74 bits per heavy atom. The van der Waals surface area contributed by atoms with Crippen molar-refractivity contribution in [2.24, 2.45) is 0 Å². The Morgan fingerprint density at radius 1 is 1.11 bits per heavy atom. The summed E-state index contributed by atoms with van der Waals surface area (Å²) in [5, 5.41) is 4.23. The summed E-state index contributed by atoms with van der Waals surface area (Å²) in [5.74, 6) is 0. The van der Waals surface area contributed by atoms with Gasteiger partial charge >= 0.3 is 0 Å². The average Bonchev–Trinajstić information content (AvgIpc) is 2.98. The zero-order valence-electron chi connectivity index (χ0n) is 9.84. The number of aromatic nitrogens is 5. The van der Waals surface area contributed by atoms with E-state index in [1.54, 1.807) is 35.4 Å². The molecule has 0 aliphatic heterocycles. The fourth-order valence-electron chi connectivity index (χ4n) is 1.68. The fraction of sp³-hybridized carbons (Fsp3) is 0. The molecule has 0 radical (unpaired) electrons. The Balaban J connectivity index is 1.99. The van der Waals surface area contributed by atoms with E-state index in [2.05, 4.69) is 20.1 Å². The fourth-order valence-corrected chi connectivity index (χ4v) is 1.68. The summed E-state index contributed by atoms with van der Waals surface area (Å²) in [6, 6.07) is 5.27. The van der Waals surface area contributed by atoms with E-state index in [-0.39, 0.29) is 0 Å². The monoisotopic (exact) mass is 251 g/mol. The van der Waals surface area contributed by atoms with Crippen molar-refractivity contribution in [3.63, 3.8) is 0 Å². The van der Waals surface area contributed by atoms with Crippen molar-refractivity contribution in [1.82, 2.24) is 24.7 Å². The van der Waals surface area contributed by atoms with Crippen molar-refractivity contribution in [2.45, 2.75) is 0 Å². The van der Waals surface area contributed by atoms with Crippen molar-refractivity contribution >= 4 is 6.29 Å². The summed E-state index contributed by atoms with van der Waals surface area (Å²) in [4.78, 5) is 22.8. The van der Waals surface area contributed by atoms with E-state index in [0.717, 1.165) is 17.5 Å². The third-order valence-electron chi connectivity index (χ3n) is 2.58. The predicted octanol–water partition coefficient (Wildman–Crippen LogP) is 1.54. The largest absolute Gasteiger partial charge is 0.296 e. The first kappa shape index (κ1) is 11.2. The van der Waals surface area contributed by atoms with Crippen molar-refractivity contribution in [2.75, 3.05) is 0 Å². The van der Waals surface area contributed by atoms with Crippen LogP contribution in [0.1, 0.15) is 10.5 Å². The normalized spacial score (nSPS) is 10.3. The van der Waals surface area contributed by atoms with Crippen molar-refractivity contribution < 1.29 is 4.79 Å². The first-order valence-electron chi connectivity index (χ1n) is 5.59. The number of nitrogens with zero attached hydrogens (tertiary/aromatic N) is 5. The van der Waals surface area contributed by atoms with Crippen LogP contribution in [0.25, 0.3) is 16.9 Å². The lowest BCUT2D eigenvalue weighted by Crippen LogP contribution is -1.95.